The summed E-state index contributed by atoms with van der Waals surface area (Å²) in [6.07, 6.45) is 5.41. The fourth-order valence-electron chi connectivity index (χ4n) is 2.43. The maximum Gasteiger partial charge on any atom is 0.00223 e. The van der Waals surface area contributed by atoms with E-state index in [4.69, 9.17) is 0 Å². The van der Waals surface area contributed by atoms with Gasteiger partial charge in [0.15, 0.2) is 0 Å². The van der Waals surface area contributed by atoms with E-state index in [0.29, 0.717) is 11.5 Å². The lowest BCUT2D eigenvalue weighted by Gasteiger charge is -2.38. The first-order valence-electron chi connectivity index (χ1n) is 6.13. The molecule has 1 fully saturated rings. The van der Waals surface area contributed by atoms with Gasteiger partial charge in [-0.1, -0.05) is 27.2 Å². The van der Waals surface area contributed by atoms with Crippen LogP contribution in [0.3, 0.4) is 0 Å². The van der Waals surface area contributed by atoms with Gasteiger partial charge in [0.1, 0.15) is 0 Å². The summed E-state index contributed by atoms with van der Waals surface area (Å²) in [5, 5.41) is 7.15. The van der Waals surface area contributed by atoms with Crippen LogP contribution in [-0.4, -0.2) is 25.7 Å². The molecule has 0 spiro atoms. The topological polar surface area (TPSA) is 24.1 Å². The minimum Gasteiger partial charge on any atom is -0.316 e. The van der Waals surface area contributed by atoms with Crippen LogP contribution in [0.1, 0.15) is 46.5 Å². The molecule has 1 heterocycles. The molecule has 0 bridgehead atoms. The molecule has 1 rings (SSSR count). The lowest BCUT2D eigenvalue weighted by molar-refractivity contribution is 0.179. The molecule has 0 saturated carbocycles. The van der Waals surface area contributed by atoms with Crippen LogP contribution in [0.15, 0.2) is 0 Å². The van der Waals surface area contributed by atoms with Gasteiger partial charge < -0.3 is 10.6 Å². The van der Waals surface area contributed by atoms with Gasteiger partial charge in [0.25, 0.3) is 0 Å². The summed E-state index contributed by atoms with van der Waals surface area (Å²) < 4.78 is 0. The number of rotatable bonds is 5. The summed E-state index contributed by atoms with van der Waals surface area (Å²) in [6, 6.07) is 0.616. The van der Waals surface area contributed by atoms with E-state index in [2.05, 4.69) is 31.4 Å². The monoisotopic (exact) mass is 198 g/mol. The first kappa shape index (κ1) is 12.0. The predicted molar refractivity (Wildman–Crippen MR) is 62.6 cm³/mol. The van der Waals surface area contributed by atoms with Crippen molar-refractivity contribution < 1.29 is 0 Å². The second kappa shape index (κ2) is 5.72. The molecule has 1 unspecified atom stereocenters. The molecule has 2 nitrogen and oxygen atoms in total. The average molecular weight is 198 g/mol. The van der Waals surface area contributed by atoms with Gasteiger partial charge in [-0.2, -0.15) is 0 Å². The molecular weight excluding hydrogens is 172 g/mol. The summed E-state index contributed by atoms with van der Waals surface area (Å²) >= 11 is 0. The maximum atomic E-state index is 3.60. The molecule has 0 radical (unpaired) electrons. The number of nitrogens with one attached hydrogen (secondary N) is 2. The molecule has 0 aromatic heterocycles. The Morgan fingerprint density at radius 3 is 2.71 bits per heavy atom. The zero-order chi connectivity index (χ0) is 10.4. The van der Waals surface area contributed by atoms with Crippen LogP contribution in [0.5, 0.6) is 0 Å². The molecule has 0 amide bonds. The van der Waals surface area contributed by atoms with Crippen LogP contribution in [0, 0.1) is 5.41 Å². The van der Waals surface area contributed by atoms with Gasteiger partial charge in [0.05, 0.1) is 0 Å². The highest BCUT2D eigenvalue weighted by Crippen LogP contribution is 2.30. The van der Waals surface area contributed by atoms with Crippen LogP contribution in [0.25, 0.3) is 0 Å². The molecule has 1 saturated heterocycles. The lowest BCUT2D eigenvalue weighted by atomic mass is 9.77. The minimum atomic E-state index is 0.539. The van der Waals surface area contributed by atoms with Gasteiger partial charge in [-0.15, -0.1) is 0 Å². The third kappa shape index (κ3) is 3.58. The fourth-order valence-corrected chi connectivity index (χ4v) is 2.43. The summed E-state index contributed by atoms with van der Waals surface area (Å²) in [5.41, 5.74) is 0.539. The van der Waals surface area contributed by atoms with Crippen LogP contribution < -0.4 is 10.6 Å². The van der Waals surface area contributed by atoms with E-state index in [-0.39, 0.29) is 0 Å². The highest BCUT2D eigenvalue weighted by Gasteiger charge is 2.30. The van der Waals surface area contributed by atoms with E-state index in [1.165, 1.54) is 45.3 Å². The number of piperidine rings is 1. The van der Waals surface area contributed by atoms with Crippen LogP contribution in [0.2, 0.25) is 0 Å². The highest BCUT2D eigenvalue weighted by molar-refractivity contribution is 4.87. The van der Waals surface area contributed by atoms with Crippen molar-refractivity contribution in [3.05, 3.63) is 0 Å². The van der Waals surface area contributed by atoms with Gasteiger partial charge in [-0.25, -0.2) is 0 Å². The van der Waals surface area contributed by atoms with Gasteiger partial charge in [0.2, 0.25) is 0 Å². The van der Waals surface area contributed by atoms with Crippen molar-refractivity contribution in [3.8, 4) is 0 Å². The quantitative estimate of drug-likeness (QED) is 0.707. The molecular formula is C12H26N2. The first-order valence-corrected chi connectivity index (χ1v) is 6.13. The summed E-state index contributed by atoms with van der Waals surface area (Å²) in [7, 11) is 0. The van der Waals surface area contributed by atoms with Crippen molar-refractivity contribution in [2.45, 2.75) is 52.5 Å². The molecule has 14 heavy (non-hydrogen) atoms. The van der Waals surface area contributed by atoms with E-state index >= 15 is 0 Å². The van der Waals surface area contributed by atoms with Crippen LogP contribution in [-0.2, 0) is 0 Å². The van der Waals surface area contributed by atoms with Gasteiger partial charge in [0, 0.05) is 19.1 Å². The minimum absolute atomic E-state index is 0.539. The molecule has 0 aromatic carbocycles. The third-order valence-electron chi connectivity index (χ3n) is 3.23. The Labute approximate surface area is 88.8 Å². The lowest BCUT2D eigenvalue weighted by Crippen LogP contribution is -2.47. The van der Waals surface area contributed by atoms with Crippen LogP contribution >= 0.6 is 0 Å². The van der Waals surface area contributed by atoms with Crippen molar-refractivity contribution >= 4 is 0 Å². The Morgan fingerprint density at radius 2 is 2.21 bits per heavy atom. The second-order valence-electron chi connectivity index (χ2n) is 5.07. The predicted octanol–water partition coefficient (Wildman–Crippen LogP) is 2.15. The molecule has 0 aliphatic carbocycles. The van der Waals surface area contributed by atoms with Crippen molar-refractivity contribution in [3.63, 3.8) is 0 Å². The van der Waals surface area contributed by atoms with Crippen LogP contribution in [0.4, 0.5) is 0 Å². The molecule has 1 aliphatic heterocycles. The van der Waals surface area contributed by atoms with Crippen molar-refractivity contribution in [1.82, 2.24) is 10.6 Å². The number of hydrogen-bond acceptors (Lipinski definition) is 2. The summed E-state index contributed by atoms with van der Waals surface area (Å²) in [5.74, 6) is 0. The van der Waals surface area contributed by atoms with Gasteiger partial charge in [-0.05, 0) is 31.2 Å². The van der Waals surface area contributed by atoms with E-state index in [0.717, 1.165) is 0 Å². The molecule has 1 atom stereocenters. The Bertz CT molecular complexity index is 143. The Kier molecular flexibility index (Phi) is 4.90. The highest BCUT2D eigenvalue weighted by atomic mass is 15.0. The standard InChI is InChI=1S/C12H26N2/c1-4-6-12(10-14-11(2)3)7-5-8-13-9-12/h11,13-14H,4-10H2,1-3H3. The summed E-state index contributed by atoms with van der Waals surface area (Å²) in [6.45, 7) is 10.4. The maximum absolute atomic E-state index is 3.60. The van der Waals surface area contributed by atoms with E-state index in [1.807, 2.05) is 0 Å². The number of hydrogen-bond donors (Lipinski definition) is 2. The third-order valence-corrected chi connectivity index (χ3v) is 3.23. The SMILES string of the molecule is CCCC1(CNC(C)C)CCCNC1. The Morgan fingerprint density at radius 1 is 1.43 bits per heavy atom. The molecule has 2 heteroatoms. The largest absolute Gasteiger partial charge is 0.316 e. The summed E-state index contributed by atoms with van der Waals surface area (Å²) in [4.78, 5) is 0. The van der Waals surface area contributed by atoms with Crippen molar-refractivity contribution in [2.75, 3.05) is 19.6 Å². The zero-order valence-electron chi connectivity index (χ0n) is 10.0. The average Bonchev–Trinajstić information content (AvgIpc) is 2.17. The molecule has 84 valence electrons. The van der Waals surface area contributed by atoms with Crippen molar-refractivity contribution in [1.29, 1.82) is 0 Å². The Hall–Kier alpha value is -0.0800. The van der Waals surface area contributed by atoms with Crippen molar-refractivity contribution in [2.24, 2.45) is 5.41 Å². The van der Waals surface area contributed by atoms with Gasteiger partial charge >= 0.3 is 0 Å². The molecule has 1 aliphatic rings. The second-order valence-corrected chi connectivity index (χ2v) is 5.07. The fraction of sp³-hybridized carbons (Fsp3) is 1.00. The normalized spacial score (nSPS) is 28.3. The van der Waals surface area contributed by atoms with E-state index in [1.54, 1.807) is 0 Å². The zero-order valence-corrected chi connectivity index (χ0v) is 10.0. The molecule has 0 aromatic rings. The molecule has 2 N–H and O–H groups in total. The first-order chi connectivity index (χ1) is 6.68. The van der Waals surface area contributed by atoms with E-state index in [9.17, 15) is 0 Å². The van der Waals surface area contributed by atoms with Gasteiger partial charge in [-0.3, -0.25) is 0 Å². The Balaban J connectivity index is 2.42. The smallest absolute Gasteiger partial charge is 0.00223 e. The van der Waals surface area contributed by atoms with E-state index < -0.39 is 0 Å².